The van der Waals surface area contributed by atoms with Crippen LogP contribution < -0.4 is 5.32 Å². The minimum atomic E-state index is -0.934. The van der Waals surface area contributed by atoms with Crippen molar-refractivity contribution in [3.05, 3.63) is 35.9 Å². The highest BCUT2D eigenvalue weighted by atomic mass is 16.3. The van der Waals surface area contributed by atoms with E-state index in [2.05, 4.69) is 5.32 Å². The number of hydrogen-bond acceptors (Lipinski definition) is 3. The van der Waals surface area contributed by atoms with Gasteiger partial charge >= 0.3 is 0 Å². The van der Waals surface area contributed by atoms with Gasteiger partial charge in [0.05, 0.1) is 5.60 Å². The van der Waals surface area contributed by atoms with Crippen molar-refractivity contribution in [1.29, 1.82) is 0 Å². The summed E-state index contributed by atoms with van der Waals surface area (Å²) < 4.78 is 0. The predicted octanol–water partition coefficient (Wildman–Crippen LogP) is 1.35. The minimum absolute atomic E-state index is 0.0325. The monoisotopic (exact) mass is 264 g/mol. The van der Waals surface area contributed by atoms with Gasteiger partial charge in [-0.05, 0) is 19.4 Å². The molecular weight excluding hydrogens is 240 g/mol. The van der Waals surface area contributed by atoms with Crippen molar-refractivity contribution >= 4 is 5.91 Å². The highest BCUT2D eigenvalue weighted by Crippen LogP contribution is 2.19. The summed E-state index contributed by atoms with van der Waals surface area (Å²) in [6, 6.07) is 9.57. The predicted molar refractivity (Wildman–Crippen MR) is 76.8 cm³/mol. The fraction of sp³-hybridized carbons (Fsp3) is 0.533. The Balaban J connectivity index is 2.49. The molecule has 1 aromatic rings. The Morgan fingerprint density at radius 3 is 2.47 bits per heavy atom. The van der Waals surface area contributed by atoms with E-state index in [9.17, 15) is 9.90 Å². The number of carbonyl (C=O) groups is 1. The molecule has 4 nitrogen and oxygen atoms in total. The zero-order valence-electron chi connectivity index (χ0n) is 12.2. The standard InChI is InChI=1S/C15H24N2O2/c1-12(10-14(18)17(3)4)16-11-15(2,19)13-8-6-5-7-9-13/h5-9,12,16,19H,10-11H2,1-4H3. The molecule has 0 saturated carbocycles. The molecule has 0 aliphatic heterocycles. The van der Waals surface area contributed by atoms with E-state index < -0.39 is 5.60 Å². The molecule has 1 amide bonds. The Morgan fingerprint density at radius 1 is 1.37 bits per heavy atom. The quantitative estimate of drug-likeness (QED) is 0.815. The molecule has 0 spiro atoms. The number of rotatable bonds is 6. The first-order valence-electron chi connectivity index (χ1n) is 6.54. The Morgan fingerprint density at radius 2 is 1.95 bits per heavy atom. The van der Waals surface area contributed by atoms with Crippen molar-refractivity contribution in [2.24, 2.45) is 0 Å². The lowest BCUT2D eigenvalue weighted by Crippen LogP contribution is -2.41. The van der Waals surface area contributed by atoms with E-state index >= 15 is 0 Å². The summed E-state index contributed by atoms with van der Waals surface area (Å²) in [5.74, 6) is 0.0827. The molecule has 106 valence electrons. The second kappa shape index (κ2) is 6.68. The van der Waals surface area contributed by atoms with E-state index in [1.165, 1.54) is 0 Å². The van der Waals surface area contributed by atoms with Crippen LogP contribution in [-0.2, 0) is 10.4 Å². The Hall–Kier alpha value is -1.39. The van der Waals surface area contributed by atoms with Gasteiger partial charge in [-0.25, -0.2) is 0 Å². The number of benzene rings is 1. The van der Waals surface area contributed by atoms with Gasteiger partial charge < -0.3 is 15.3 Å². The van der Waals surface area contributed by atoms with Gasteiger partial charge in [-0.3, -0.25) is 4.79 Å². The molecule has 0 radical (unpaired) electrons. The average molecular weight is 264 g/mol. The molecule has 0 saturated heterocycles. The SMILES string of the molecule is CC(CC(=O)N(C)C)NCC(C)(O)c1ccccc1. The lowest BCUT2D eigenvalue weighted by molar-refractivity contribution is -0.129. The van der Waals surface area contributed by atoms with Gasteiger partial charge in [-0.2, -0.15) is 0 Å². The maximum atomic E-state index is 11.6. The van der Waals surface area contributed by atoms with Crippen LogP contribution in [0.3, 0.4) is 0 Å². The van der Waals surface area contributed by atoms with Crippen LogP contribution >= 0.6 is 0 Å². The van der Waals surface area contributed by atoms with Crippen molar-refractivity contribution < 1.29 is 9.90 Å². The first-order valence-corrected chi connectivity index (χ1v) is 6.54. The third-order valence-corrected chi connectivity index (χ3v) is 3.17. The molecule has 1 rings (SSSR count). The molecule has 0 heterocycles. The maximum Gasteiger partial charge on any atom is 0.223 e. The number of aliphatic hydroxyl groups is 1. The van der Waals surface area contributed by atoms with Gasteiger partial charge in [0.2, 0.25) is 5.91 Å². The van der Waals surface area contributed by atoms with Crippen molar-refractivity contribution in [2.45, 2.75) is 31.9 Å². The maximum absolute atomic E-state index is 11.6. The smallest absolute Gasteiger partial charge is 0.223 e. The Kier molecular flexibility index (Phi) is 5.51. The first kappa shape index (κ1) is 15.7. The minimum Gasteiger partial charge on any atom is -0.384 e. The molecule has 0 aromatic heterocycles. The van der Waals surface area contributed by atoms with E-state index in [0.29, 0.717) is 13.0 Å². The van der Waals surface area contributed by atoms with Crippen LogP contribution in [0, 0.1) is 0 Å². The van der Waals surface area contributed by atoms with E-state index in [-0.39, 0.29) is 11.9 Å². The number of hydrogen-bond donors (Lipinski definition) is 2. The molecular formula is C15H24N2O2. The molecule has 19 heavy (non-hydrogen) atoms. The average Bonchev–Trinajstić information content (AvgIpc) is 2.37. The van der Waals surface area contributed by atoms with Crippen molar-refractivity contribution in [1.82, 2.24) is 10.2 Å². The zero-order chi connectivity index (χ0) is 14.5. The van der Waals surface area contributed by atoms with Crippen LogP contribution in [0.4, 0.5) is 0 Å². The topological polar surface area (TPSA) is 52.6 Å². The summed E-state index contributed by atoms with van der Waals surface area (Å²) in [7, 11) is 3.49. The van der Waals surface area contributed by atoms with Crippen LogP contribution in [0.1, 0.15) is 25.8 Å². The zero-order valence-corrected chi connectivity index (χ0v) is 12.2. The van der Waals surface area contributed by atoms with E-state index in [4.69, 9.17) is 0 Å². The fourth-order valence-corrected chi connectivity index (χ4v) is 1.79. The highest BCUT2D eigenvalue weighted by Gasteiger charge is 2.23. The van der Waals surface area contributed by atoms with E-state index in [0.717, 1.165) is 5.56 Å². The summed E-state index contributed by atoms with van der Waals surface area (Å²) in [6.45, 7) is 4.14. The van der Waals surface area contributed by atoms with Crippen molar-refractivity contribution in [3.8, 4) is 0 Å². The van der Waals surface area contributed by atoms with Gasteiger partial charge in [0.15, 0.2) is 0 Å². The van der Waals surface area contributed by atoms with Crippen LogP contribution in [0.15, 0.2) is 30.3 Å². The van der Waals surface area contributed by atoms with Gasteiger partial charge in [-0.1, -0.05) is 30.3 Å². The van der Waals surface area contributed by atoms with Gasteiger partial charge in [0, 0.05) is 33.1 Å². The molecule has 1 aromatic carbocycles. The summed E-state index contributed by atoms with van der Waals surface area (Å²) in [5, 5.41) is 13.6. The Bertz CT molecular complexity index is 402. The molecule has 0 aliphatic carbocycles. The lowest BCUT2D eigenvalue weighted by Gasteiger charge is -2.26. The van der Waals surface area contributed by atoms with Crippen molar-refractivity contribution in [2.75, 3.05) is 20.6 Å². The number of nitrogens with one attached hydrogen (secondary N) is 1. The van der Waals surface area contributed by atoms with Crippen LogP contribution in [0.2, 0.25) is 0 Å². The van der Waals surface area contributed by atoms with Crippen LogP contribution in [0.5, 0.6) is 0 Å². The molecule has 2 unspecified atom stereocenters. The van der Waals surface area contributed by atoms with Crippen LogP contribution in [0.25, 0.3) is 0 Å². The van der Waals surface area contributed by atoms with Gasteiger partial charge in [0.1, 0.15) is 0 Å². The van der Waals surface area contributed by atoms with Gasteiger partial charge in [-0.15, -0.1) is 0 Å². The fourth-order valence-electron chi connectivity index (χ4n) is 1.79. The Labute approximate surface area is 115 Å². The van der Waals surface area contributed by atoms with E-state index in [1.807, 2.05) is 37.3 Å². The molecule has 2 atom stereocenters. The normalized spacial score (nSPS) is 15.6. The van der Waals surface area contributed by atoms with Crippen molar-refractivity contribution in [3.63, 3.8) is 0 Å². The summed E-state index contributed by atoms with van der Waals surface area (Å²) in [6.07, 6.45) is 0.428. The number of nitrogens with zero attached hydrogens (tertiary/aromatic N) is 1. The molecule has 0 fully saturated rings. The second-order valence-corrected chi connectivity index (χ2v) is 5.41. The summed E-state index contributed by atoms with van der Waals surface area (Å²) in [5.41, 5.74) is -0.0647. The largest absolute Gasteiger partial charge is 0.384 e. The molecule has 0 aliphatic rings. The van der Waals surface area contributed by atoms with Crippen LogP contribution in [-0.4, -0.2) is 42.6 Å². The summed E-state index contributed by atoms with van der Waals surface area (Å²) in [4.78, 5) is 13.1. The molecule has 4 heteroatoms. The third-order valence-electron chi connectivity index (χ3n) is 3.17. The first-order chi connectivity index (χ1) is 8.83. The number of amides is 1. The highest BCUT2D eigenvalue weighted by molar-refractivity contribution is 5.76. The molecule has 2 N–H and O–H groups in total. The van der Waals surface area contributed by atoms with Gasteiger partial charge in [0.25, 0.3) is 0 Å². The lowest BCUT2D eigenvalue weighted by atomic mass is 9.96. The third kappa shape index (κ3) is 5.01. The van der Waals surface area contributed by atoms with E-state index in [1.54, 1.807) is 25.9 Å². The molecule has 0 bridgehead atoms. The summed E-state index contributed by atoms with van der Waals surface area (Å²) >= 11 is 0. The second-order valence-electron chi connectivity index (χ2n) is 5.41. The number of carbonyl (C=O) groups excluding carboxylic acids is 1.